The summed E-state index contributed by atoms with van der Waals surface area (Å²) in [5.41, 5.74) is 3.42. The van der Waals surface area contributed by atoms with E-state index in [1.54, 1.807) is 26.4 Å². The van der Waals surface area contributed by atoms with Crippen LogP contribution in [0.15, 0.2) is 35.2 Å². The van der Waals surface area contributed by atoms with Gasteiger partial charge in [0.1, 0.15) is 5.75 Å². The summed E-state index contributed by atoms with van der Waals surface area (Å²) in [6.45, 7) is -2.27. The van der Waals surface area contributed by atoms with Gasteiger partial charge in [-0.25, -0.2) is 8.42 Å². The first-order chi connectivity index (χ1) is 14.8. The Morgan fingerprint density at radius 3 is 2.32 bits per heavy atom. The smallest absolute Gasteiger partial charge is 0.387 e. The number of allylic oxidation sites excluding steroid dienone is 1. The zero-order valence-electron chi connectivity index (χ0n) is 17.2. The second-order valence-electron chi connectivity index (χ2n) is 7.41. The summed E-state index contributed by atoms with van der Waals surface area (Å²) >= 11 is 0. The van der Waals surface area contributed by atoms with Crippen molar-refractivity contribution in [1.82, 2.24) is 4.31 Å². The lowest BCUT2D eigenvalue weighted by Gasteiger charge is -2.30. The molecule has 9 heteroatoms. The van der Waals surface area contributed by atoms with E-state index in [1.807, 2.05) is 12.1 Å². The molecule has 0 radical (unpaired) electrons. The number of aryl methyl sites for hydroxylation is 1. The number of hydrogen-bond donors (Lipinski definition) is 0. The van der Waals surface area contributed by atoms with E-state index in [1.165, 1.54) is 16.4 Å². The number of halogens is 2. The number of rotatable bonds is 6. The van der Waals surface area contributed by atoms with Gasteiger partial charge in [-0.05, 0) is 71.9 Å². The molecule has 0 amide bonds. The molecule has 4 rings (SSSR count). The Balaban J connectivity index is 1.59. The van der Waals surface area contributed by atoms with Gasteiger partial charge in [-0.2, -0.15) is 13.1 Å². The van der Waals surface area contributed by atoms with Crippen LogP contribution in [0.25, 0.3) is 6.08 Å². The van der Waals surface area contributed by atoms with Gasteiger partial charge in [0.15, 0.2) is 11.5 Å². The van der Waals surface area contributed by atoms with Gasteiger partial charge in [-0.1, -0.05) is 6.07 Å². The number of fused-ring (bicyclic) bond motifs is 2. The molecule has 6 nitrogen and oxygen atoms in total. The van der Waals surface area contributed by atoms with Crippen LogP contribution in [0.4, 0.5) is 8.78 Å². The number of alkyl halides is 2. The number of methoxy groups -OCH3 is 2. The first-order valence-corrected chi connectivity index (χ1v) is 11.3. The molecule has 0 N–H and O–H groups in total. The molecular weight excluding hydrogens is 428 g/mol. The van der Waals surface area contributed by atoms with Gasteiger partial charge < -0.3 is 14.2 Å². The maximum absolute atomic E-state index is 13.3. The topological polar surface area (TPSA) is 65.1 Å². The lowest BCUT2D eigenvalue weighted by molar-refractivity contribution is -0.0498. The molecule has 0 bridgehead atoms. The fourth-order valence-electron chi connectivity index (χ4n) is 4.05. The maximum atomic E-state index is 13.3. The van der Waals surface area contributed by atoms with Crippen LogP contribution in [0.5, 0.6) is 17.2 Å². The molecule has 2 aliphatic rings. The van der Waals surface area contributed by atoms with Gasteiger partial charge in [-0.15, -0.1) is 0 Å². The van der Waals surface area contributed by atoms with Crippen LogP contribution >= 0.6 is 0 Å². The number of nitrogens with zero attached hydrogens (tertiary/aromatic N) is 1. The van der Waals surface area contributed by atoms with Crippen molar-refractivity contribution in [2.24, 2.45) is 0 Å². The zero-order valence-corrected chi connectivity index (χ0v) is 18.0. The van der Waals surface area contributed by atoms with Crippen LogP contribution in [0, 0.1) is 0 Å². The second kappa shape index (κ2) is 8.47. The molecule has 31 heavy (non-hydrogen) atoms. The molecule has 2 aromatic carbocycles. The molecule has 2 aromatic rings. The molecule has 0 unspecified atom stereocenters. The monoisotopic (exact) mass is 451 g/mol. The van der Waals surface area contributed by atoms with Crippen LogP contribution in [-0.4, -0.2) is 40.1 Å². The van der Waals surface area contributed by atoms with Crippen molar-refractivity contribution < 1.29 is 31.4 Å². The highest BCUT2D eigenvalue weighted by atomic mass is 32.2. The third-order valence-corrected chi connectivity index (χ3v) is 7.63. The van der Waals surface area contributed by atoms with Gasteiger partial charge in [0.05, 0.1) is 19.1 Å². The van der Waals surface area contributed by atoms with Crippen molar-refractivity contribution in [3.63, 3.8) is 0 Å². The molecule has 0 spiro atoms. The average molecular weight is 451 g/mol. The fourth-order valence-corrected chi connectivity index (χ4v) is 5.66. The standard InChI is InChI=1S/C22H23F2NO5S/c1-28-20-11-16-7-8-25(13-17(16)12-21(20)29-2)31(26,27)19-6-4-14-9-18(30-22(23)24)5-3-15(14)10-19/h3,5,9-12,22H,4,6-8,13H2,1-2H3. The largest absolute Gasteiger partial charge is 0.493 e. The number of benzene rings is 2. The number of ether oxygens (including phenoxy) is 3. The molecule has 0 saturated carbocycles. The van der Waals surface area contributed by atoms with E-state index in [9.17, 15) is 17.2 Å². The van der Waals surface area contributed by atoms with Gasteiger partial charge in [-0.3, -0.25) is 0 Å². The zero-order chi connectivity index (χ0) is 22.2. The lowest BCUT2D eigenvalue weighted by atomic mass is 9.97. The van der Waals surface area contributed by atoms with Crippen molar-refractivity contribution in [2.75, 3.05) is 20.8 Å². The minimum Gasteiger partial charge on any atom is -0.493 e. The second-order valence-corrected chi connectivity index (χ2v) is 9.41. The van der Waals surface area contributed by atoms with Crippen LogP contribution < -0.4 is 14.2 Å². The summed E-state index contributed by atoms with van der Waals surface area (Å²) in [5, 5.41) is 0. The minimum absolute atomic E-state index is 0.0745. The number of hydrogen-bond acceptors (Lipinski definition) is 5. The first kappa shape index (κ1) is 21.6. The van der Waals surface area contributed by atoms with E-state index in [2.05, 4.69) is 4.74 Å². The third-order valence-electron chi connectivity index (χ3n) is 5.65. The summed E-state index contributed by atoms with van der Waals surface area (Å²) < 4.78 is 68.1. The van der Waals surface area contributed by atoms with E-state index < -0.39 is 16.6 Å². The molecule has 0 atom stereocenters. The number of sulfonamides is 1. The molecule has 0 saturated heterocycles. The molecule has 166 valence electrons. The highest BCUT2D eigenvalue weighted by Crippen LogP contribution is 2.36. The molecule has 0 fully saturated rings. The average Bonchev–Trinajstić information content (AvgIpc) is 2.76. The Kier molecular flexibility index (Phi) is 5.90. The molecule has 1 heterocycles. The summed E-state index contributed by atoms with van der Waals surface area (Å²) in [7, 11) is -0.549. The van der Waals surface area contributed by atoms with Gasteiger partial charge in [0.2, 0.25) is 10.0 Å². The predicted octanol–water partition coefficient (Wildman–Crippen LogP) is 3.98. The van der Waals surface area contributed by atoms with Gasteiger partial charge >= 0.3 is 6.61 Å². The van der Waals surface area contributed by atoms with Crippen LogP contribution in [0.3, 0.4) is 0 Å². The fraction of sp³-hybridized carbons (Fsp3) is 0.364. The SMILES string of the molecule is COc1cc2c(cc1OC)CN(S(=O)(=O)C1=Cc3ccc(OC(F)F)cc3CC1)CC2. The summed E-state index contributed by atoms with van der Waals surface area (Å²) in [4.78, 5) is 0.325. The summed E-state index contributed by atoms with van der Waals surface area (Å²) in [5.74, 6) is 1.26. The van der Waals surface area contributed by atoms with Gasteiger partial charge in [0, 0.05) is 13.1 Å². The van der Waals surface area contributed by atoms with Crippen molar-refractivity contribution in [3.8, 4) is 17.2 Å². The lowest BCUT2D eigenvalue weighted by Crippen LogP contribution is -2.37. The van der Waals surface area contributed by atoms with E-state index in [-0.39, 0.29) is 12.3 Å². The van der Waals surface area contributed by atoms with Gasteiger partial charge in [0.25, 0.3) is 0 Å². The van der Waals surface area contributed by atoms with E-state index in [0.29, 0.717) is 47.8 Å². The van der Waals surface area contributed by atoms with Crippen LogP contribution in [0.1, 0.15) is 28.7 Å². The Labute approximate surface area is 180 Å². The first-order valence-electron chi connectivity index (χ1n) is 9.84. The Morgan fingerprint density at radius 1 is 0.935 bits per heavy atom. The van der Waals surface area contributed by atoms with E-state index >= 15 is 0 Å². The molecule has 0 aromatic heterocycles. The van der Waals surface area contributed by atoms with Crippen LogP contribution in [0.2, 0.25) is 0 Å². The Hall–Kier alpha value is -2.65. The van der Waals surface area contributed by atoms with Crippen molar-refractivity contribution >= 4 is 16.1 Å². The van der Waals surface area contributed by atoms with Crippen molar-refractivity contribution in [1.29, 1.82) is 0 Å². The highest BCUT2D eigenvalue weighted by Gasteiger charge is 2.32. The summed E-state index contributed by atoms with van der Waals surface area (Å²) in [6.07, 6.45) is 2.95. The molecule has 1 aliphatic heterocycles. The third kappa shape index (κ3) is 4.24. The molecular formula is C22H23F2NO5S. The quantitative estimate of drug-likeness (QED) is 0.665. The van der Waals surface area contributed by atoms with E-state index in [4.69, 9.17) is 9.47 Å². The van der Waals surface area contributed by atoms with Crippen molar-refractivity contribution in [2.45, 2.75) is 32.4 Å². The Bertz CT molecular complexity index is 1130. The maximum Gasteiger partial charge on any atom is 0.387 e. The Morgan fingerprint density at radius 2 is 1.65 bits per heavy atom. The van der Waals surface area contributed by atoms with E-state index in [0.717, 1.165) is 16.7 Å². The predicted molar refractivity (Wildman–Crippen MR) is 112 cm³/mol. The summed E-state index contributed by atoms with van der Waals surface area (Å²) in [6, 6.07) is 8.30. The normalized spacial score (nSPS) is 16.4. The van der Waals surface area contributed by atoms with Crippen molar-refractivity contribution in [3.05, 3.63) is 57.5 Å². The van der Waals surface area contributed by atoms with Crippen LogP contribution in [-0.2, 0) is 29.4 Å². The minimum atomic E-state index is -3.66. The molecule has 1 aliphatic carbocycles. The highest BCUT2D eigenvalue weighted by molar-refractivity contribution is 7.93.